The summed E-state index contributed by atoms with van der Waals surface area (Å²) in [6.45, 7) is 7.04. The highest BCUT2D eigenvalue weighted by molar-refractivity contribution is 4.74. The Morgan fingerprint density at radius 2 is 1.86 bits per heavy atom. The van der Waals surface area contributed by atoms with Crippen molar-refractivity contribution in [1.29, 1.82) is 0 Å². The fourth-order valence-electron chi connectivity index (χ4n) is 1.28. The zero-order valence-electron chi connectivity index (χ0n) is 9.75. The third-order valence-electron chi connectivity index (χ3n) is 2.39. The highest BCUT2D eigenvalue weighted by Gasteiger charge is 2.17. The Morgan fingerprint density at radius 1 is 1.29 bits per heavy atom. The topological polar surface area (TPSA) is 70.3 Å². The van der Waals surface area contributed by atoms with Gasteiger partial charge in [0.25, 0.3) is 0 Å². The number of nitrogens with two attached hydrogens (primary N) is 1. The quantitative estimate of drug-likeness (QED) is 0.435. The van der Waals surface area contributed by atoms with Crippen LogP contribution in [0.3, 0.4) is 0 Å². The van der Waals surface area contributed by atoms with Gasteiger partial charge in [0.05, 0.1) is 0 Å². The summed E-state index contributed by atoms with van der Waals surface area (Å²) in [6, 6.07) is 0.562. The molecule has 14 heavy (non-hydrogen) atoms. The van der Waals surface area contributed by atoms with Crippen LogP contribution in [0.1, 0.15) is 27.2 Å². The standard InChI is InChI=1S/C10H25N3O/c1-7(2)13-6-9(8(3)11)5-10(14)12-4/h7-10,12-14H,5-6,11H2,1-4H3/t8-,9-,10-/m0/s1. The number of nitrogens with one attached hydrogen (secondary N) is 2. The fourth-order valence-corrected chi connectivity index (χ4v) is 1.28. The first kappa shape index (κ1) is 13.8. The summed E-state index contributed by atoms with van der Waals surface area (Å²) in [6.07, 6.45) is 0.230. The van der Waals surface area contributed by atoms with E-state index in [1.165, 1.54) is 0 Å². The average molecular weight is 203 g/mol. The minimum atomic E-state index is -0.458. The van der Waals surface area contributed by atoms with Gasteiger partial charge >= 0.3 is 0 Å². The van der Waals surface area contributed by atoms with Crippen LogP contribution in [0.15, 0.2) is 0 Å². The van der Waals surface area contributed by atoms with Crippen LogP contribution in [0.25, 0.3) is 0 Å². The molecule has 0 aromatic carbocycles. The SMILES string of the molecule is CN[C@@H](O)C[C@@H](CNC(C)C)[C@H](C)N. The van der Waals surface area contributed by atoms with Crippen molar-refractivity contribution in [2.45, 2.75) is 45.5 Å². The predicted molar refractivity (Wildman–Crippen MR) is 60.0 cm³/mol. The Labute approximate surface area is 87.3 Å². The predicted octanol–water partition coefficient (Wildman–Crippen LogP) is -0.124. The van der Waals surface area contributed by atoms with Gasteiger partial charge in [0.2, 0.25) is 0 Å². The summed E-state index contributed by atoms with van der Waals surface area (Å²) in [7, 11) is 1.75. The molecule has 0 spiro atoms. The minimum absolute atomic E-state index is 0.101. The zero-order valence-corrected chi connectivity index (χ0v) is 9.75. The number of rotatable bonds is 7. The summed E-state index contributed by atoms with van der Waals surface area (Å²) < 4.78 is 0. The molecule has 0 aromatic rings. The first-order chi connectivity index (χ1) is 6.47. The van der Waals surface area contributed by atoms with Crippen molar-refractivity contribution in [3.8, 4) is 0 Å². The van der Waals surface area contributed by atoms with Gasteiger partial charge in [-0.2, -0.15) is 0 Å². The van der Waals surface area contributed by atoms with E-state index in [0.717, 1.165) is 6.54 Å². The highest BCUT2D eigenvalue weighted by Crippen LogP contribution is 2.08. The van der Waals surface area contributed by atoms with Gasteiger partial charge in [-0.3, -0.25) is 5.32 Å². The van der Waals surface area contributed by atoms with Gasteiger partial charge in [-0.05, 0) is 32.9 Å². The van der Waals surface area contributed by atoms with E-state index in [-0.39, 0.29) is 6.04 Å². The van der Waals surface area contributed by atoms with Gasteiger partial charge in [-0.25, -0.2) is 0 Å². The molecule has 3 atom stereocenters. The Hall–Kier alpha value is -0.160. The van der Waals surface area contributed by atoms with Crippen LogP contribution in [0.5, 0.6) is 0 Å². The van der Waals surface area contributed by atoms with Crippen LogP contribution >= 0.6 is 0 Å². The third kappa shape index (κ3) is 6.32. The molecule has 0 aromatic heterocycles. The molecule has 4 heteroatoms. The Bertz CT molecular complexity index is 139. The van der Waals surface area contributed by atoms with Crippen molar-refractivity contribution in [2.75, 3.05) is 13.6 Å². The number of hydrogen-bond donors (Lipinski definition) is 4. The lowest BCUT2D eigenvalue weighted by atomic mass is 9.97. The number of hydrogen-bond acceptors (Lipinski definition) is 4. The Kier molecular flexibility index (Phi) is 7.09. The van der Waals surface area contributed by atoms with E-state index in [1.54, 1.807) is 7.05 Å². The second-order valence-corrected chi connectivity index (χ2v) is 4.22. The largest absolute Gasteiger partial charge is 0.379 e. The molecule has 0 saturated carbocycles. The van der Waals surface area contributed by atoms with Crippen LogP contribution in [0.4, 0.5) is 0 Å². The van der Waals surface area contributed by atoms with E-state index in [4.69, 9.17) is 5.73 Å². The van der Waals surface area contributed by atoms with Crippen molar-refractivity contribution in [3.05, 3.63) is 0 Å². The van der Waals surface area contributed by atoms with Crippen molar-refractivity contribution in [3.63, 3.8) is 0 Å². The lowest BCUT2D eigenvalue weighted by Crippen LogP contribution is -2.41. The first-order valence-corrected chi connectivity index (χ1v) is 5.31. The van der Waals surface area contributed by atoms with Gasteiger partial charge in [-0.1, -0.05) is 13.8 Å². The van der Waals surface area contributed by atoms with Gasteiger partial charge in [0.1, 0.15) is 6.23 Å². The molecule has 0 bridgehead atoms. The summed E-state index contributed by atoms with van der Waals surface area (Å²) in [5, 5.41) is 15.6. The van der Waals surface area contributed by atoms with Crippen molar-refractivity contribution in [2.24, 2.45) is 11.7 Å². The van der Waals surface area contributed by atoms with E-state index in [2.05, 4.69) is 24.5 Å². The normalized spacial score (nSPS) is 18.2. The molecule has 0 aliphatic rings. The summed E-state index contributed by atoms with van der Waals surface area (Å²) >= 11 is 0. The molecule has 0 rings (SSSR count). The summed E-state index contributed by atoms with van der Waals surface area (Å²) in [4.78, 5) is 0. The fraction of sp³-hybridized carbons (Fsp3) is 1.00. The summed E-state index contributed by atoms with van der Waals surface area (Å²) in [5.41, 5.74) is 5.85. The van der Waals surface area contributed by atoms with Crippen LogP contribution in [-0.2, 0) is 0 Å². The molecule has 0 heterocycles. The van der Waals surface area contributed by atoms with Crippen LogP contribution in [-0.4, -0.2) is 37.0 Å². The Morgan fingerprint density at radius 3 is 2.21 bits per heavy atom. The van der Waals surface area contributed by atoms with Crippen LogP contribution in [0.2, 0.25) is 0 Å². The van der Waals surface area contributed by atoms with Crippen molar-refractivity contribution < 1.29 is 5.11 Å². The molecule has 0 aliphatic heterocycles. The molecular formula is C10H25N3O. The molecule has 0 radical (unpaired) electrons. The molecule has 0 fully saturated rings. The van der Waals surface area contributed by atoms with E-state index in [0.29, 0.717) is 18.4 Å². The monoisotopic (exact) mass is 203 g/mol. The van der Waals surface area contributed by atoms with E-state index in [9.17, 15) is 5.11 Å². The maximum atomic E-state index is 9.45. The van der Waals surface area contributed by atoms with Gasteiger partial charge in [-0.15, -0.1) is 0 Å². The molecule has 0 saturated heterocycles. The molecular weight excluding hydrogens is 178 g/mol. The van der Waals surface area contributed by atoms with Crippen LogP contribution in [0, 0.1) is 5.92 Å². The summed E-state index contributed by atoms with van der Waals surface area (Å²) in [5.74, 6) is 0.305. The molecule has 86 valence electrons. The first-order valence-electron chi connectivity index (χ1n) is 5.31. The number of aliphatic hydroxyl groups is 1. The molecule has 5 N–H and O–H groups in total. The Balaban J connectivity index is 3.90. The highest BCUT2D eigenvalue weighted by atomic mass is 16.3. The second-order valence-electron chi connectivity index (χ2n) is 4.22. The second kappa shape index (κ2) is 7.17. The van der Waals surface area contributed by atoms with E-state index >= 15 is 0 Å². The maximum Gasteiger partial charge on any atom is 0.105 e. The minimum Gasteiger partial charge on any atom is -0.379 e. The van der Waals surface area contributed by atoms with Gasteiger partial charge < -0.3 is 16.2 Å². The molecule has 0 aliphatic carbocycles. The molecule has 4 nitrogen and oxygen atoms in total. The van der Waals surface area contributed by atoms with E-state index < -0.39 is 6.23 Å². The van der Waals surface area contributed by atoms with Gasteiger partial charge in [0.15, 0.2) is 0 Å². The zero-order chi connectivity index (χ0) is 11.1. The molecule has 0 amide bonds. The lowest BCUT2D eigenvalue weighted by molar-refractivity contribution is 0.110. The average Bonchev–Trinajstić information content (AvgIpc) is 2.10. The molecule has 0 unspecified atom stereocenters. The number of aliphatic hydroxyl groups excluding tert-OH is 1. The lowest BCUT2D eigenvalue weighted by Gasteiger charge is -2.24. The third-order valence-corrected chi connectivity index (χ3v) is 2.39. The van der Waals surface area contributed by atoms with Crippen molar-refractivity contribution in [1.82, 2.24) is 10.6 Å². The van der Waals surface area contributed by atoms with Crippen LogP contribution < -0.4 is 16.4 Å². The maximum absolute atomic E-state index is 9.45. The van der Waals surface area contributed by atoms with Crippen molar-refractivity contribution >= 4 is 0 Å². The smallest absolute Gasteiger partial charge is 0.105 e. The van der Waals surface area contributed by atoms with Gasteiger partial charge in [0, 0.05) is 12.1 Å². The van der Waals surface area contributed by atoms with E-state index in [1.807, 2.05) is 6.92 Å².